The van der Waals surface area contributed by atoms with Crippen molar-refractivity contribution in [3.8, 4) is 0 Å². The zero-order valence-corrected chi connectivity index (χ0v) is 8.81. The zero-order chi connectivity index (χ0) is 8.81. The highest BCUT2D eigenvalue weighted by molar-refractivity contribution is 4.69. The molecule has 1 aliphatic carbocycles. The van der Waals surface area contributed by atoms with Crippen LogP contribution >= 0.6 is 0 Å². The molecule has 0 bridgehead atoms. The Kier molecular flexibility index (Phi) is 4.72. The first kappa shape index (κ1) is 10.1. The Morgan fingerprint density at radius 2 is 1.58 bits per heavy atom. The molecule has 0 aromatic heterocycles. The monoisotopic (exact) mass is 168 g/mol. The molecule has 1 saturated carbocycles. The Bertz CT molecular complexity index is 107. The van der Waals surface area contributed by atoms with Crippen LogP contribution in [-0.2, 0) is 0 Å². The van der Waals surface area contributed by atoms with Crippen molar-refractivity contribution in [3.05, 3.63) is 0 Å². The van der Waals surface area contributed by atoms with Gasteiger partial charge in [0.1, 0.15) is 0 Å². The minimum absolute atomic E-state index is 1.06. The van der Waals surface area contributed by atoms with E-state index >= 15 is 0 Å². The van der Waals surface area contributed by atoms with Crippen LogP contribution < -0.4 is 0 Å². The lowest BCUT2D eigenvalue weighted by atomic mass is 9.94. The van der Waals surface area contributed by atoms with E-state index in [0.29, 0.717) is 0 Å². The van der Waals surface area contributed by atoms with E-state index in [0.717, 1.165) is 11.8 Å². The lowest BCUT2D eigenvalue weighted by Crippen LogP contribution is -1.98. The second kappa shape index (κ2) is 5.61. The third-order valence-electron chi connectivity index (χ3n) is 3.48. The van der Waals surface area contributed by atoms with Gasteiger partial charge in [0.2, 0.25) is 0 Å². The molecule has 0 saturated heterocycles. The smallest absolute Gasteiger partial charge is 0.0414 e. The summed E-state index contributed by atoms with van der Waals surface area (Å²) < 4.78 is 0. The van der Waals surface area contributed by atoms with Gasteiger partial charge in [0.25, 0.3) is 0 Å². The van der Waals surface area contributed by atoms with Gasteiger partial charge in [-0.1, -0.05) is 65.2 Å². The first-order valence-corrected chi connectivity index (χ1v) is 5.86. The molecule has 0 heterocycles. The molecule has 12 heavy (non-hydrogen) atoms. The number of rotatable bonds is 3. The maximum absolute atomic E-state index is 2.35. The first-order valence-electron chi connectivity index (χ1n) is 5.86. The van der Waals surface area contributed by atoms with Crippen LogP contribution in [-0.4, -0.2) is 0 Å². The normalized spacial score (nSPS) is 31.5. The van der Waals surface area contributed by atoms with Crippen LogP contribution in [0.2, 0.25) is 0 Å². The van der Waals surface area contributed by atoms with Gasteiger partial charge in [-0.05, 0) is 11.8 Å². The maximum atomic E-state index is 2.35. The molecule has 1 rings (SSSR count). The van der Waals surface area contributed by atoms with Gasteiger partial charge in [-0.15, -0.1) is 0 Å². The van der Waals surface area contributed by atoms with E-state index in [4.69, 9.17) is 0 Å². The number of hydrogen-bond donors (Lipinski definition) is 0. The molecule has 0 aliphatic heterocycles. The fraction of sp³-hybridized carbons (Fsp3) is 1.00. The van der Waals surface area contributed by atoms with Crippen molar-refractivity contribution in [2.45, 2.75) is 65.2 Å². The van der Waals surface area contributed by atoms with Crippen LogP contribution in [0, 0.1) is 11.8 Å². The second-order valence-corrected chi connectivity index (χ2v) is 4.44. The van der Waals surface area contributed by atoms with Crippen LogP contribution in [0.15, 0.2) is 0 Å². The highest BCUT2D eigenvalue weighted by Gasteiger charge is 2.16. The van der Waals surface area contributed by atoms with Gasteiger partial charge in [-0.25, -0.2) is 0 Å². The Balaban J connectivity index is 2.24. The summed E-state index contributed by atoms with van der Waals surface area (Å²) in [4.78, 5) is 0. The fourth-order valence-corrected chi connectivity index (χ4v) is 2.56. The maximum Gasteiger partial charge on any atom is -0.0414 e. The quantitative estimate of drug-likeness (QED) is 0.548. The largest absolute Gasteiger partial charge is 0.0654 e. The van der Waals surface area contributed by atoms with E-state index in [1.165, 1.54) is 51.4 Å². The molecule has 0 aromatic carbocycles. The molecule has 0 nitrogen and oxygen atoms in total. The Morgan fingerprint density at radius 1 is 0.917 bits per heavy atom. The lowest BCUT2D eigenvalue weighted by Gasteiger charge is -2.12. The van der Waals surface area contributed by atoms with Gasteiger partial charge in [-0.3, -0.25) is 0 Å². The number of hydrogen-bond acceptors (Lipinski definition) is 0. The summed E-state index contributed by atoms with van der Waals surface area (Å²) in [5, 5.41) is 0. The van der Waals surface area contributed by atoms with E-state index in [2.05, 4.69) is 13.8 Å². The van der Waals surface area contributed by atoms with Crippen LogP contribution in [0.3, 0.4) is 0 Å². The first-order chi connectivity index (χ1) is 5.86. The lowest BCUT2D eigenvalue weighted by molar-refractivity contribution is 0.402. The summed E-state index contributed by atoms with van der Waals surface area (Å²) in [5.41, 5.74) is 0. The van der Waals surface area contributed by atoms with Gasteiger partial charge in [0.15, 0.2) is 0 Å². The van der Waals surface area contributed by atoms with Crippen molar-refractivity contribution in [1.29, 1.82) is 0 Å². The Labute approximate surface area is 77.7 Å². The van der Waals surface area contributed by atoms with Gasteiger partial charge < -0.3 is 0 Å². The molecule has 2 atom stereocenters. The van der Waals surface area contributed by atoms with Gasteiger partial charge in [0.05, 0.1) is 0 Å². The van der Waals surface area contributed by atoms with Gasteiger partial charge in [0, 0.05) is 0 Å². The summed E-state index contributed by atoms with van der Waals surface area (Å²) in [5.74, 6) is 2.14. The summed E-state index contributed by atoms with van der Waals surface area (Å²) >= 11 is 0. The molecule has 1 aliphatic rings. The molecule has 1 fully saturated rings. The fourth-order valence-electron chi connectivity index (χ4n) is 2.56. The average molecular weight is 168 g/mol. The van der Waals surface area contributed by atoms with Gasteiger partial charge in [-0.2, -0.15) is 0 Å². The average Bonchev–Trinajstić information content (AvgIpc) is 2.31. The molecular formula is C12H24. The van der Waals surface area contributed by atoms with Crippen molar-refractivity contribution >= 4 is 0 Å². The molecular weight excluding hydrogens is 144 g/mol. The molecule has 0 N–H and O–H groups in total. The molecule has 0 aromatic rings. The van der Waals surface area contributed by atoms with Crippen LogP contribution in [0.1, 0.15) is 65.2 Å². The summed E-state index contributed by atoms with van der Waals surface area (Å²) in [6, 6.07) is 0. The topological polar surface area (TPSA) is 0 Å². The molecule has 0 spiro atoms. The minimum atomic E-state index is 1.06. The summed E-state index contributed by atoms with van der Waals surface area (Å²) in [6.45, 7) is 4.67. The molecule has 2 unspecified atom stereocenters. The summed E-state index contributed by atoms with van der Waals surface area (Å²) in [6.07, 6.45) is 11.9. The third-order valence-corrected chi connectivity index (χ3v) is 3.48. The second-order valence-electron chi connectivity index (χ2n) is 4.44. The molecule has 0 amide bonds. The standard InChI is InChI=1S/C12H24/c1-3-6-12-8-5-7-11(4-2)9-10-12/h11-12H,3-10H2,1-2H3. The van der Waals surface area contributed by atoms with E-state index < -0.39 is 0 Å². The van der Waals surface area contributed by atoms with Crippen LogP contribution in [0.4, 0.5) is 0 Å². The highest BCUT2D eigenvalue weighted by atomic mass is 14.2. The Hall–Kier alpha value is 0. The SMILES string of the molecule is CCCC1CCCC(CC)CC1. The van der Waals surface area contributed by atoms with E-state index in [9.17, 15) is 0 Å². The zero-order valence-electron chi connectivity index (χ0n) is 8.81. The molecule has 0 radical (unpaired) electrons. The predicted octanol–water partition coefficient (Wildman–Crippen LogP) is 4.39. The van der Waals surface area contributed by atoms with E-state index in [-0.39, 0.29) is 0 Å². The van der Waals surface area contributed by atoms with Crippen molar-refractivity contribution in [2.75, 3.05) is 0 Å². The predicted molar refractivity (Wildman–Crippen MR) is 55.3 cm³/mol. The molecule has 0 heteroatoms. The van der Waals surface area contributed by atoms with Crippen LogP contribution in [0.25, 0.3) is 0 Å². The van der Waals surface area contributed by atoms with Crippen LogP contribution in [0.5, 0.6) is 0 Å². The van der Waals surface area contributed by atoms with Crippen molar-refractivity contribution in [3.63, 3.8) is 0 Å². The van der Waals surface area contributed by atoms with Crippen molar-refractivity contribution in [2.24, 2.45) is 11.8 Å². The highest BCUT2D eigenvalue weighted by Crippen LogP contribution is 2.31. The third kappa shape index (κ3) is 3.16. The van der Waals surface area contributed by atoms with Crippen molar-refractivity contribution < 1.29 is 0 Å². The Morgan fingerprint density at radius 3 is 2.25 bits per heavy atom. The molecule has 72 valence electrons. The minimum Gasteiger partial charge on any atom is -0.0654 e. The van der Waals surface area contributed by atoms with Crippen molar-refractivity contribution in [1.82, 2.24) is 0 Å². The van der Waals surface area contributed by atoms with E-state index in [1.807, 2.05) is 0 Å². The van der Waals surface area contributed by atoms with E-state index in [1.54, 1.807) is 0 Å². The van der Waals surface area contributed by atoms with Gasteiger partial charge >= 0.3 is 0 Å². The summed E-state index contributed by atoms with van der Waals surface area (Å²) in [7, 11) is 0.